The van der Waals surface area contributed by atoms with E-state index in [2.05, 4.69) is 6.58 Å². The third kappa shape index (κ3) is 2.49. The Hall–Kier alpha value is -1.52. The van der Waals surface area contributed by atoms with Crippen LogP contribution in [0.1, 0.15) is 25.7 Å². The molecule has 1 amide bonds. The Balaban J connectivity index is 1.99. The molecule has 0 radical (unpaired) electrons. The van der Waals surface area contributed by atoms with Gasteiger partial charge in [0.05, 0.1) is 5.92 Å². The van der Waals surface area contributed by atoms with Crippen LogP contribution in [-0.4, -0.2) is 41.3 Å². The van der Waals surface area contributed by atoms with E-state index in [1.165, 1.54) is 6.08 Å². The van der Waals surface area contributed by atoms with E-state index in [-0.39, 0.29) is 24.7 Å². The molecule has 0 aromatic heterocycles. The normalized spacial score (nSPS) is 30.7. The fourth-order valence-electron chi connectivity index (χ4n) is 3.06. The van der Waals surface area contributed by atoms with Gasteiger partial charge in [-0.15, -0.1) is 0 Å². The van der Waals surface area contributed by atoms with Crippen molar-refractivity contribution in [1.29, 1.82) is 0 Å². The number of aliphatic carboxylic acids is 1. The lowest BCUT2D eigenvalue weighted by molar-refractivity contribution is -0.143. The lowest BCUT2D eigenvalue weighted by atomic mass is 9.79. The summed E-state index contributed by atoms with van der Waals surface area (Å²) in [6.07, 6.45) is 4.34. The van der Waals surface area contributed by atoms with E-state index in [9.17, 15) is 9.59 Å². The predicted octanol–water partition coefficient (Wildman–Crippen LogP) is 1.88. The first-order chi connectivity index (χ1) is 8.63. The number of ether oxygens (including phenoxy) is 1. The summed E-state index contributed by atoms with van der Waals surface area (Å²) in [5.41, 5.74) is 0. The molecule has 5 nitrogen and oxygen atoms in total. The predicted molar refractivity (Wildman–Crippen MR) is 65.1 cm³/mol. The van der Waals surface area contributed by atoms with Crippen LogP contribution in [-0.2, 0) is 9.53 Å². The number of amides is 1. The van der Waals surface area contributed by atoms with Crippen LogP contribution in [0, 0.1) is 11.8 Å². The van der Waals surface area contributed by atoms with Gasteiger partial charge in [-0.05, 0) is 31.6 Å². The van der Waals surface area contributed by atoms with Crippen LogP contribution in [0.15, 0.2) is 12.7 Å². The molecule has 100 valence electrons. The van der Waals surface area contributed by atoms with Crippen molar-refractivity contribution >= 4 is 12.1 Å². The summed E-state index contributed by atoms with van der Waals surface area (Å²) in [7, 11) is 0. The Morgan fingerprint density at radius 1 is 1.39 bits per heavy atom. The largest absolute Gasteiger partial charge is 0.481 e. The summed E-state index contributed by atoms with van der Waals surface area (Å²) < 4.78 is 5.04. The van der Waals surface area contributed by atoms with Crippen LogP contribution < -0.4 is 0 Å². The second-order valence-electron chi connectivity index (χ2n) is 5.02. The third-order valence-electron chi connectivity index (χ3n) is 4.01. The second-order valence-corrected chi connectivity index (χ2v) is 5.02. The molecule has 0 aromatic rings. The SMILES string of the molecule is C=CCOC(=O)N1CCC2CCC(C(=O)O)CC21. The maximum Gasteiger partial charge on any atom is 0.410 e. The van der Waals surface area contributed by atoms with Gasteiger partial charge >= 0.3 is 12.1 Å². The van der Waals surface area contributed by atoms with E-state index in [1.807, 2.05) is 0 Å². The average molecular weight is 253 g/mol. The number of hydrogen-bond acceptors (Lipinski definition) is 3. The van der Waals surface area contributed by atoms with E-state index >= 15 is 0 Å². The van der Waals surface area contributed by atoms with Gasteiger partial charge in [0, 0.05) is 12.6 Å². The van der Waals surface area contributed by atoms with Crippen LogP contribution in [0.5, 0.6) is 0 Å². The van der Waals surface area contributed by atoms with E-state index in [4.69, 9.17) is 9.84 Å². The Kier molecular flexibility index (Phi) is 3.89. The lowest BCUT2D eigenvalue weighted by Crippen LogP contribution is -2.42. The molecule has 3 unspecified atom stereocenters. The van der Waals surface area contributed by atoms with Gasteiger partial charge in [0.1, 0.15) is 6.61 Å². The highest BCUT2D eigenvalue weighted by Gasteiger charge is 2.43. The van der Waals surface area contributed by atoms with E-state index in [0.717, 1.165) is 19.3 Å². The van der Waals surface area contributed by atoms with Crippen LogP contribution in [0.4, 0.5) is 4.79 Å². The van der Waals surface area contributed by atoms with Crippen molar-refractivity contribution in [1.82, 2.24) is 4.90 Å². The summed E-state index contributed by atoms with van der Waals surface area (Å²) in [4.78, 5) is 24.6. The highest BCUT2D eigenvalue weighted by molar-refractivity contribution is 5.71. The molecule has 0 aromatic carbocycles. The van der Waals surface area contributed by atoms with Gasteiger partial charge in [-0.25, -0.2) is 4.79 Å². The number of carbonyl (C=O) groups excluding carboxylic acids is 1. The number of likely N-dealkylation sites (tertiary alicyclic amines) is 1. The smallest absolute Gasteiger partial charge is 0.410 e. The molecule has 2 rings (SSSR count). The summed E-state index contributed by atoms with van der Waals surface area (Å²) >= 11 is 0. The minimum absolute atomic E-state index is 0.0390. The van der Waals surface area contributed by atoms with Crippen molar-refractivity contribution in [2.45, 2.75) is 31.7 Å². The zero-order chi connectivity index (χ0) is 13.1. The maximum absolute atomic E-state index is 11.8. The minimum atomic E-state index is -0.750. The summed E-state index contributed by atoms with van der Waals surface area (Å²) in [5.74, 6) is -0.629. The van der Waals surface area contributed by atoms with Crippen molar-refractivity contribution in [3.63, 3.8) is 0 Å². The standard InChI is InChI=1S/C13H19NO4/c1-2-7-18-13(17)14-6-5-9-3-4-10(12(15)16)8-11(9)14/h2,9-11H,1,3-8H2,(H,15,16). The van der Waals surface area contributed by atoms with Crippen molar-refractivity contribution in [3.05, 3.63) is 12.7 Å². The molecule has 0 spiro atoms. The summed E-state index contributed by atoms with van der Waals surface area (Å²) in [6, 6.07) is 0.0390. The van der Waals surface area contributed by atoms with Crippen molar-refractivity contribution in [2.24, 2.45) is 11.8 Å². The molecule has 1 aliphatic carbocycles. The Morgan fingerprint density at radius 2 is 2.17 bits per heavy atom. The monoisotopic (exact) mass is 253 g/mol. The first-order valence-electron chi connectivity index (χ1n) is 6.40. The van der Waals surface area contributed by atoms with Gasteiger partial charge in [-0.1, -0.05) is 12.7 Å². The Bertz CT molecular complexity index is 355. The zero-order valence-electron chi connectivity index (χ0n) is 10.4. The van der Waals surface area contributed by atoms with Crippen LogP contribution in [0.3, 0.4) is 0 Å². The van der Waals surface area contributed by atoms with Crippen molar-refractivity contribution in [2.75, 3.05) is 13.2 Å². The zero-order valence-corrected chi connectivity index (χ0v) is 10.4. The molecule has 0 bridgehead atoms. The number of fused-ring (bicyclic) bond motifs is 1. The van der Waals surface area contributed by atoms with E-state index < -0.39 is 5.97 Å². The number of carboxylic acids is 1. The number of hydrogen-bond donors (Lipinski definition) is 1. The maximum atomic E-state index is 11.8. The molecule has 1 N–H and O–H groups in total. The van der Waals surface area contributed by atoms with Gasteiger partial charge in [-0.2, -0.15) is 0 Å². The van der Waals surface area contributed by atoms with E-state index in [1.54, 1.807) is 4.90 Å². The van der Waals surface area contributed by atoms with Gasteiger partial charge in [0.2, 0.25) is 0 Å². The van der Waals surface area contributed by atoms with Crippen LogP contribution in [0.2, 0.25) is 0 Å². The van der Waals surface area contributed by atoms with Gasteiger partial charge in [-0.3, -0.25) is 4.79 Å². The molecule has 2 fully saturated rings. The first kappa shape index (κ1) is 12.9. The molecular formula is C13H19NO4. The summed E-state index contributed by atoms with van der Waals surface area (Å²) in [6.45, 7) is 4.38. The number of rotatable bonds is 3. The topological polar surface area (TPSA) is 66.8 Å². The number of carbonyl (C=O) groups is 2. The highest BCUT2D eigenvalue weighted by atomic mass is 16.6. The lowest BCUT2D eigenvalue weighted by Gasteiger charge is -2.33. The molecule has 3 atom stereocenters. The molecule has 18 heavy (non-hydrogen) atoms. The van der Waals surface area contributed by atoms with Crippen molar-refractivity contribution in [3.8, 4) is 0 Å². The summed E-state index contributed by atoms with van der Waals surface area (Å²) in [5, 5.41) is 9.08. The van der Waals surface area contributed by atoms with Gasteiger partial charge in [0.15, 0.2) is 0 Å². The average Bonchev–Trinajstić information content (AvgIpc) is 2.78. The number of nitrogens with zero attached hydrogens (tertiary/aromatic N) is 1. The van der Waals surface area contributed by atoms with E-state index in [0.29, 0.717) is 18.9 Å². The van der Waals surface area contributed by atoms with Crippen LogP contribution in [0.25, 0.3) is 0 Å². The third-order valence-corrected chi connectivity index (χ3v) is 4.01. The molecule has 1 saturated carbocycles. The fourth-order valence-corrected chi connectivity index (χ4v) is 3.06. The molecule has 2 aliphatic rings. The van der Waals surface area contributed by atoms with Gasteiger partial charge in [0.25, 0.3) is 0 Å². The van der Waals surface area contributed by atoms with Gasteiger partial charge < -0.3 is 14.7 Å². The minimum Gasteiger partial charge on any atom is -0.481 e. The van der Waals surface area contributed by atoms with Crippen LogP contribution >= 0.6 is 0 Å². The quantitative estimate of drug-likeness (QED) is 0.780. The molecule has 1 saturated heterocycles. The molecule has 1 aliphatic heterocycles. The molecule has 1 heterocycles. The second kappa shape index (κ2) is 5.42. The highest BCUT2D eigenvalue weighted by Crippen LogP contribution is 2.39. The fraction of sp³-hybridized carbons (Fsp3) is 0.692. The molecular weight excluding hydrogens is 234 g/mol. The molecule has 5 heteroatoms. The Labute approximate surface area is 106 Å². The first-order valence-corrected chi connectivity index (χ1v) is 6.40. The number of carboxylic acid groups (broad SMARTS) is 1. The van der Waals surface area contributed by atoms with Crippen molar-refractivity contribution < 1.29 is 19.4 Å². The Morgan fingerprint density at radius 3 is 2.83 bits per heavy atom.